The van der Waals surface area contributed by atoms with E-state index in [1.54, 1.807) is 0 Å². The summed E-state index contributed by atoms with van der Waals surface area (Å²) >= 11 is 0. The van der Waals surface area contributed by atoms with Crippen LogP contribution >= 0.6 is 0 Å². The monoisotopic (exact) mass is 179 g/mol. The van der Waals surface area contributed by atoms with E-state index in [-0.39, 0.29) is 0 Å². The van der Waals surface area contributed by atoms with Crippen molar-refractivity contribution in [2.75, 3.05) is 13.1 Å². The van der Waals surface area contributed by atoms with E-state index in [0.717, 1.165) is 19.6 Å². The third-order valence-electron chi connectivity index (χ3n) is 2.60. The molecule has 1 aliphatic heterocycles. The third-order valence-corrected chi connectivity index (χ3v) is 2.60. The summed E-state index contributed by atoms with van der Waals surface area (Å²) in [7, 11) is 0. The molecule has 2 rings (SSSR count). The Kier molecular flexibility index (Phi) is 3.00. The number of nitrogens with one attached hydrogen (secondary N) is 3. The molecule has 1 saturated heterocycles. The molecule has 0 bridgehead atoms. The van der Waals surface area contributed by atoms with Crippen LogP contribution in [0, 0.1) is 0 Å². The normalized spacial score (nSPS) is 19.1. The van der Waals surface area contributed by atoms with E-state index in [9.17, 15) is 0 Å². The second kappa shape index (κ2) is 4.44. The van der Waals surface area contributed by atoms with Gasteiger partial charge in [-0.25, -0.2) is 0 Å². The number of hydrogen-bond acceptors (Lipinski definition) is 2. The van der Waals surface area contributed by atoms with Gasteiger partial charge in [0.15, 0.2) is 0 Å². The Labute approximate surface area is 78.9 Å². The summed E-state index contributed by atoms with van der Waals surface area (Å²) in [4.78, 5) is 3.07. The smallest absolute Gasteiger partial charge is 0.0223 e. The molecule has 0 amide bonds. The number of H-pyrrole nitrogens is 1. The molecule has 1 fully saturated rings. The van der Waals surface area contributed by atoms with E-state index < -0.39 is 0 Å². The van der Waals surface area contributed by atoms with E-state index in [2.05, 4.69) is 21.7 Å². The molecule has 1 aromatic heterocycles. The zero-order valence-electron chi connectivity index (χ0n) is 7.84. The van der Waals surface area contributed by atoms with Crippen molar-refractivity contribution < 1.29 is 0 Å². The third kappa shape index (κ3) is 2.57. The fraction of sp³-hybridized carbons (Fsp3) is 0.600. The minimum atomic E-state index is 0.705. The first-order chi connectivity index (χ1) is 6.45. The molecule has 0 atom stereocenters. The summed E-state index contributed by atoms with van der Waals surface area (Å²) in [6.07, 6.45) is 6.53. The van der Waals surface area contributed by atoms with E-state index in [1.165, 1.54) is 18.4 Å². The molecule has 3 nitrogen and oxygen atoms in total. The Morgan fingerprint density at radius 3 is 2.92 bits per heavy atom. The number of aromatic nitrogens is 1. The van der Waals surface area contributed by atoms with Crippen molar-refractivity contribution in [1.29, 1.82) is 0 Å². The zero-order chi connectivity index (χ0) is 8.93. The molecule has 0 radical (unpaired) electrons. The standard InChI is InChI=1S/C10H17N3/c1-4-12-7-9(1)8-13-10-2-5-11-6-3-10/h1,4,7,10-13H,2-3,5-6,8H2. The van der Waals surface area contributed by atoms with Crippen molar-refractivity contribution in [3.05, 3.63) is 24.0 Å². The highest BCUT2D eigenvalue weighted by atomic mass is 15.0. The Morgan fingerprint density at radius 2 is 2.23 bits per heavy atom. The van der Waals surface area contributed by atoms with Crippen LogP contribution in [-0.2, 0) is 6.54 Å². The number of piperidine rings is 1. The van der Waals surface area contributed by atoms with Gasteiger partial charge in [-0.1, -0.05) is 0 Å². The van der Waals surface area contributed by atoms with Gasteiger partial charge in [-0.2, -0.15) is 0 Å². The highest BCUT2D eigenvalue weighted by molar-refractivity contribution is 5.07. The van der Waals surface area contributed by atoms with Crippen molar-refractivity contribution >= 4 is 0 Å². The van der Waals surface area contributed by atoms with Crippen LogP contribution in [0.25, 0.3) is 0 Å². The largest absolute Gasteiger partial charge is 0.367 e. The Bertz CT molecular complexity index is 224. The fourth-order valence-electron chi connectivity index (χ4n) is 1.76. The molecule has 3 heteroatoms. The van der Waals surface area contributed by atoms with E-state index >= 15 is 0 Å². The number of aromatic amines is 1. The van der Waals surface area contributed by atoms with Crippen LogP contribution in [0.2, 0.25) is 0 Å². The van der Waals surface area contributed by atoms with Crippen molar-refractivity contribution in [3.8, 4) is 0 Å². The fourth-order valence-corrected chi connectivity index (χ4v) is 1.76. The van der Waals surface area contributed by atoms with Crippen molar-refractivity contribution in [2.45, 2.75) is 25.4 Å². The van der Waals surface area contributed by atoms with E-state index in [1.807, 2.05) is 12.4 Å². The predicted molar refractivity (Wildman–Crippen MR) is 53.5 cm³/mol. The van der Waals surface area contributed by atoms with Crippen molar-refractivity contribution in [2.24, 2.45) is 0 Å². The van der Waals surface area contributed by atoms with E-state index in [4.69, 9.17) is 0 Å². The van der Waals surface area contributed by atoms with Gasteiger partial charge < -0.3 is 15.6 Å². The lowest BCUT2D eigenvalue weighted by atomic mass is 10.1. The van der Waals surface area contributed by atoms with Gasteiger partial charge in [0, 0.05) is 25.0 Å². The first-order valence-electron chi connectivity index (χ1n) is 5.01. The van der Waals surface area contributed by atoms with Gasteiger partial charge in [-0.15, -0.1) is 0 Å². The first kappa shape index (κ1) is 8.78. The maximum absolute atomic E-state index is 3.56. The summed E-state index contributed by atoms with van der Waals surface area (Å²) < 4.78 is 0. The van der Waals surface area contributed by atoms with Crippen LogP contribution in [-0.4, -0.2) is 24.1 Å². The molecule has 0 unspecified atom stereocenters. The topological polar surface area (TPSA) is 39.8 Å². The summed E-state index contributed by atoms with van der Waals surface area (Å²) in [6.45, 7) is 3.31. The maximum atomic E-state index is 3.56. The van der Waals surface area contributed by atoms with Gasteiger partial charge in [0.05, 0.1) is 0 Å². The molecule has 1 aromatic rings. The first-order valence-corrected chi connectivity index (χ1v) is 5.01. The molecule has 72 valence electrons. The van der Waals surface area contributed by atoms with Gasteiger partial charge >= 0.3 is 0 Å². The summed E-state index contributed by atoms with van der Waals surface area (Å²) in [5.74, 6) is 0. The number of rotatable bonds is 3. The average Bonchev–Trinajstić information content (AvgIpc) is 2.69. The van der Waals surface area contributed by atoms with Gasteiger partial charge in [-0.3, -0.25) is 0 Å². The van der Waals surface area contributed by atoms with Crippen LogP contribution in [0.5, 0.6) is 0 Å². The summed E-state index contributed by atoms with van der Waals surface area (Å²) in [5.41, 5.74) is 1.35. The molecule has 0 spiro atoms. The lowest BCUT2D eigenvalue weighted by Crippen LogP contribution is -2.39. The molecular formula is C10H17N3. The molecule has 0 aromatic carbocycles. The molecular weight excluding hydrogens is 162 g/mol. The SMILES string of the molecule is c1cc(CNC2CCNCC2)c[nH]1. The van der Waals surface area contributed by atoms with Crippen molar-refractivity contribution in [1.82, 2.24) is 15.6 Å². The lowest BCUT2D eigenvalue weighted by Gasteiger charge is -2.23. The second-order valence-corrected chi connectivity index (χ2v) is 3.62. The Hall–Kier alpha value is -0.800. The molecule has 0 saturated carbocycles. The highest BCUT2D eigenvalue weighted by Gasteiger charge is 2.11. The van der Waals surface area contributed by atoms with Crippen LogP contribution in [0.1, 0.15) is 18.4 Å². The zero-order valence-corrected chi connectivity index (χ0v) is 7.84. The molecule has 2 heterocycles. The van der Waals surface area contributed by atoms with Gasteiger partial charge in [-0.05, 0) is 37.6 Å². The van der Waals surface area contributed by atoms with Crippen LogP contribution < -0.4 is 10.6 Å². The highest BCUT2D eigenvalue weighted by Crippen LogP contribution is 2.04. The Morgan fingerprint density at radius 1 is 1.38 bits per heavy atom. The lowest BCUT2D eigenvalue weighted by molar-refractivity contribution is 0.386. The van der Waals surface area contributed by atoms with E-state index in [0.29, 0.717) is 6.04 Å². The van der Waals surface area contributed by atoms with Crippen LogP contribution in [0.15, 0.2) is 18.5 Å². The predicted octanol–water partition coefficient (Wildman–Crippen LogP) is 0.856. The molecule has 3 N–H and O–H groups in total. The Balaban J connectivity index is 1.72. The van der Waals surface area contributed by atoms with Gasteiger partial charge in [0.25, 0.3) is 0 Å². The average molecular weight is 179 g/mol. The summed E-state index contributed by atoms with van der Waals surface area (Å²) in [6, 6.07) is 2.82. The number of hydrogen-bond donors (Lipinski definition) is 3. The van der Waals surface area contributed by atoms with Crippen molar-refractivity contribution in [3.63, 3.8) is 0 Å². The second-order valence-electron chi connectivity index (χ2n) is 3.62. The maximum Gasteiger partial charge on any atom is 0.0223 e. The van der Waals surface area contributed by atoms with Crippen LogP contribution in [0.3, 0.4) is 0 Å². The summed E-state index contributed by atoms with van der Waals surface area (Å²) in [5, 5.41) is 6.93. The van der Waals surface area contributed by atoms with Crippen LogP contribution in [0.4, 0.5) is 0 Å². The van der Waals surface area contributed by atoms with Gasteiger partial charge in [0.1, 0.15) is 0 Å². The minimum absolute atomic E-state index is 0.705. The minimum Gasteiger partial charge on any atom is -0.367 e. The molecule has 13 heavy (non-hydrogen) atoms. The van der Waals surface area contributed by atoms with Gasteiger partial charge in [0.2, 0.25) is 0 Å². The quantitative estimate of drug-likeness (QED) is 0.644. The molecule has 1 aliphatic rings. The molecule has 0 aliphatic carbocycles.